The zero-order valence-electron chi connectivity index (χ0n) is 16.7. The summed E-state index contributed by atoms with van der Waals surface area (Å²) in [5, 5.41) is 4.87. The molecule has 1 saturated heterocycles. The fourth-order valence-electron chi connectivity index (χ4n) is 4.14. The number of imide groups is 2. The van der Waals surface area contributed by atoms with Crippen LogP contribution in [0.2, 0.25) is 0 Å². The zero-order chi connectivity index (χ0) is 21.1. The number of nitrogens with one attached hydrogen (secondary N) is 2. The fraction of sp³-hybridized carbons (Fsp3) is 0.650. The van der Waals surface area contributed by atoms with Gasteiger partial charge in [0.25, 0.3) is 5.91 Å². The van der Waals surface area contributed by atoms with Crippen molar-refractivity contribution < 1.29 is 28.7 Å². The molecule has 0 aromatic heterocycles. The van der Waals surface area contributed by atoms with E-state index in [2.05, 4.69) is 10.6 Å². The first-order chi connectivity index (χ1) is 13.8. The maximum atomic E-state index is 12.6. The third-order valence-corrected chi connectivity index (χ3v) is 5.86. The van der Waals surface area contributed by atoms with Crippen molar-refractivity contribution in [1.82, 2.24) is 15.5 Å². The first-order valence-corrected chi connectivity index (χ1v) is 10.1. The van der Waals surface area contributed by atoms with Crippen molar-refractivity contribution in [3.8, 4) is 0 Å². The number of hydrogen-bond acceptors (Lipinski definition) is 6. The van der Waals surface area contributed by atoms with Crippen LogP contribution < -0.4 is 10.6 Å². The van der Waals surface area contributed by atoms with Crippen LogP contribution in [-0.2, 0) is 23.9 Å². The van der Waals surface area contributed by atoms with E-state index in [0.717, 1.165) is 30.6 Å². The molecule has 2 fully saturated rings. The Hall–Kier alpha value is -2.71. The largest absolute Gasteiger partial charge is 0.451 e. The predicted octanol–water partition coefficient (Wildman–Crippen LogP) is 1.03. The van der Waals surface area contributed by atoms with E-state index < -0.39 is 41.9 Å². The number of fused-ring (bicyclic) bond motifs is 1. The summed E-state index contributed by atoms with van der Waals surface area (Å²) in [7, 11) is 0. The summed E-state index contributed by atoms with van der Waals surface area (Å²) in [5.74, 6) is -3.29. The fourth-order valence-corrected chi connectivity index (χ4v) is 4.14. The van der Waals surface area contributed by atoms with E-state index in [9.17, 15) is 24.0 Å². The number of esters is 1. The lowest BCUT2D eigenvalue weighted by molar-refractivity contribution is -0.163. The summed E-state index contributed by atoms with van der Waals surface area (Å²) in [6.45, 7) is 2.74. The summed E-state index contributed by atoms with van der Waals surface area (Å²) in [6, 6.07) is -1.71. The highest BCUT2D eigenvalue weighted by Gasteiger charge is 2.50. The first-order valence-electron chi connectivity index (χ1n) is 10.1. The SMILES string of the molecule is C[C@@H](OC(=O)[C@H](C)N1C(=O)[C@H]2CC=CC[C@@H]2C1=O)C(=O)NC(=O)NC1CCCC1. The number of ether oxygens (including phenoxy) is 1. The average molecular weight is 405 g/mol. The van der Waals surface area contributed by atoms with Crippen molar-refractivity contribution in [2.24, 2.45) is 11.8 Å². The van der Waals surface area contributed by atoms with Crippen LogP contribution in [0.15, 0.2) is 12.2 Å². The van der Waals surface area contributed by atoms with E-state index in [1.165, 1.54) is 13.8 Å². The molecular formula is C20H27N3O6. The number of amides is 5. The number of allylic oxidation sites excluding steroid dienone is 2. The van der Waals surface area contributed by atoms with Crippen molar-refractivity contribution >= 4 is 29.7 Å². The van der Waals surface area contributed by atoms with Gasteiger partial charge in [0.05, 0.1) is 11.8 Å². The van der Waals surface area contributed by atoms with Gasteiger partial charge in [-0.1, -0.05) is 25.0 Å². The van der Waals surface area contributed by atoms with Crippen LogP contribution in [0.25, 0.3) is 0 Å². The molecular weight excluding hydrogens is 378 g/mol. The Bertz CT molecular complexity index is 716. The molecule has 0 aromatic rings. The molecule has 0 spiro atoms. The maximum absolute atomic E-state index is 12.6. The Morgan fingerprint density at radius 3 is 2.14 bits per heavy atom. The van der Waals surface area contributed by atoms with E-state index in [1.54, 1.807) is 0 Å². The minimum atomic E-state index is -1.24. The molecule has 0 bridgehead atoms. The van der Waals surface area contributed by atoms with Crippen LogP contribution >= 0.6 is 0 Å². The Morgan fingerprint density at radius 1 is 1.03 bits per heavy atom. The van der Waals surface area contributed by atoms with Gasteiger partial charge in [-0.05, 0) is 39.5 Å². The van der Waals surface area contributed by atoms with Gasteiger partial charge in [-0.25, -0.2) is 9.59 Å². The second-order valence-corrected chi connectivity index (χ2v) is 7.90. The lowest BCUT2D eigenvalue weighted by atomic mass is 9.85. The molecule has 1 heterocycles. The first kappa shape index (κ1) is 21.0. The highest BCUT2D eigenvalue weighted by molar-refractivity contribution is 6.08. The molecule has 3 rings (SSSR count). The molecule has 2 N–H and O–H groups in total. The standard InChI is InChI=1S/C20H27N3O6/c1-11(23-17(25)14-9-5-6-10-15(14)18(23)26)19(27)29-12(2)16(24)22-20(28)21-13-7-3-4-8-13/h5-6,11-15H,3-4,7-10H2,1-2H3,(H2,21,22,24,28)/t11-,12+,14-,15-/m0/s1. The summed E-state index contributed by atoms with van der Waals surface area (Å²) >= 11 is 0. The van der Waals surface area contributed by atoms with Crippen molar-refractivity contribution in [3.63, 3.8) is 0 Å². The molecule has 9 nitrogen and oxygen atoms in total. The van der Waals surface area contributed by atoms with Gasteiger partial charge < -0.3 is 10.1 Å². The highest BCUT2D eigenvalue weighted by atomic mass is 16.5. The number of carbonyl (C=O) groups excluding carboxylic acids is 5. The zero-order valence-corrected chi connectivity index (χ0v) is 16.7. The molecule has 29 heavy (non-hydrogen) atoms. The predicted molar refractivity (Wildman–Crippen MR) is 101 cm³/mol. The lowest BCUT2D eigenvalue weighted by Crippen LogP contribution is -2.49. The van der Waals surface area contributed by atoms with E-state index in [1.807, 2.05) is 12.2 Å². The van der Waals surface area contributed by atoms with Gasteiger partial charge in [-0.2, -0.15) is 0 Å². The summed E-state index contributed by atoms with van der Waals surface area (Å²) in [4.78, 5) is 62.5. The third kappa shape index (κ3) is 4.49. The van der Waals surface area contributed by atoms with Gasteiger partial charge in [-0.15, -0.1) is 0 Å². The number of rotatable bonds is 5. The maximum Gasteiger partial charge on any atom is 0.329 e. The van der Waals surface area contributed by atoms with Crippen LogP contribution in [0.4, 0.5) is 4.79 Å². The second-order valence-electron chi connectivity index (χ2n) is 7.90. The Morgan fingerprint density at radius 2 is 1.59 bits per heavy atom. The lowest BCUT2D eigenvalue weighted by Gasteiger charge is -2.23. The monoisotopic (exact) mass is 405 g/mol. The van der Waals surface area contributed by atoms with Gasteiger partial charge >= 0.3 is 12.0 Å². The summed E-state index contributed by atoms with van der Waals surface area (Å²) < 4.78 is 5.11. The molecule has 5 amide bonds. The molecule has 1 saturated carbocycles. The van der Waals surface area contributed by atoms with Crippen molar-refractivity contribution in [1.29, 1.82) is 0 Å². The molecule has 0 aromatic carbocycles. The van der Waals surface area contributed by atoms with Crippen LogP contribution in [-0.4, -0.2) is 52.8 Å². The van der Waals surface area contributed by atoms with Crippen LogP contribution in [0.3, 0.4) is 0 Å². The third-order valence-electron chi connectivity index (χ3n) is 5.86. The van der Waals surface area contributed by atoms with Crippen molar-refractivity contribution in [2.75, 3.05) is 0 Å². The smallest absolute Gasteiger partial charge is 0.329 e. The van der Waals surface area contributed by atoms with Gasteiger partial charge in [0.2, 0.25) is 11.8 Å². The van der Waals surface area contributed by atoms with Gasteiger partial charge in [0, 0.05) is 6.04 Å². The van der Waals surface area contributed by atoms with Crippen LogP contribution in [0.5, 0.6) is 0 Å². The molecule has 3 aliphatic rings. The molecule has 2 aliphatic carbocycles. The van der Waals surface area contributed by atoms with Crippen molar-refractivity contribution in [3.05, 3.63) is 12.2 Å². The summed E-state index contributed by atoms with van der Waals surface area (Å²) in [6.07, 6.45) is 7.26. The molecule has 0 radical (unpaired) electrons. The van der Waals surface area contributed by atoms with E-state index in [0.29, 0.717) is 12.8 Å². The minimum Gasteiger partial charge on any atom is -0.451 e. The Kier molecular flexibility index (Phi) is 6.34. The van der Waals surface area contributed by atoms with Crippen molar-refractivity contribution in [2.45, 2.75) is 70.6 Å². The minimum absolute atomic E-state index is 0.0471. The van der Waals surface area contributed by atoms with Gasteiger partial charge in [0.1, 0.15) is 6.04 Å². The number of hydrogen-bond donors (Lipinski definition) is 2. The topological polar surface area (TPSA) is 122 Å². The van der Waals surface area contributed by atoms with E-state index in [-0.39, 0.29) is 17.9 Å². The number of urea groups is 1. The second kappa shape index (κ2) is 8.75. The average Bonchev–Trinajstić information content (AvgIpc) is 3.28. The molecule has 0 unspecified atom stereocenters. The highest BCUT2D eigenvalue weighted by Crippen LogP contribution is 2.36. The van der Waals surface area contributed by atoms with Crippen LogP contribution in [0.1, 0.15) is 52.4 Å². The number of likely N-dealkylation sites (tertiary alicyclic amines) is 1. The van der Waals surface area contributed by atoms with E-state index >= 15 is 0 Å². The van der Waals surface area contributed by atoms with E-state index in [4.69, 9.17) is 4.74 Å². The molecule has 1 aliphatic heterocycles. The Balaban J connectivity index is 1.52. The molecule has 4 atom stereocenters. The normalized spacial score (nSPS) is 26.1. The number of nitrogens with zero attached hydrogens (tertiary/aromatic N) is 1. The molecule has 9 heteroatoms. The molecule has 158 valence electrons. The Labute approximate surface area is 169 Å². The van der Waals surface area contributed by atoms with Gasteiger partial charge in [0.15, 0.2) is 6.10 Å². The van der Waals surface area contributed by atoms with Crippen LogP contribution in [0, 0.1) is 11.8 Å². The quantitative estimate of drug-likeness (QED) is 0.400. The summed E-state index contributed by atoms with van der Waals surface area (Å²) in [5.41, 5.74) is 0. The van der Waals surface area contributed by atoms with Gasteiger partial charge in [-0.3, -0.25) is 24.6 Å². The number of carbonyl (C=O) groups is 5.